The molecule has 4 heteroatoms. The number of hydrogen-bond acceptors (Lipinski definition) is 3. The molecular weight excluding hydrogens is 260 g/mol. The van der Waals surface area contributed by atoms with Gasteiger partial charge in [-0.1, -0.05) is 36.4 Å². The molecule has 0 aliphatic rings. The maximum Gasteiger partial charge on any atom is 0.227 e. The number of nitrogens with zero attached hydrogens (tertiary/aromatic N) is 3. The molecule has 0 atom stereocenters. The zero-order chi connectivity index (χ0) is 14.1. The standard InChI is InChI=1S/C17H12N4/c1-2-6-14-12(5-1)9-10-13(19-14)11-18-17-20-15-7-3-4-8-16(15)21-17/h1-11H,(H,20,21)/b18-11+. The fraction of sp³-hybridized carbons (Fsp3) is 0. The quantitative estimate of drug-likeness (QED) is 0.563. The number of H-pyrrole nitrogens is 1. The van der Waals surface area contributed by atoms with Crippen LogP contribution >= 0.6 is 0 Å². The number of benzene rings is 2. The normalized spacial score (nSPS) is 11.6. The van der Waals surface area contributed by atoms with Gasteiger partial charge in [-0.2, -0.15) is 0 Å². The molecule has 0 spiro atoms. The van der Waals surface area contributed by atoms with E-state index in [0.29, 0.717) is 5.95 Å². The molecule has 0 saturated carbocycles. The summed E-state index contributed by atoms with van der Waals surface area (Å²) in [4.78, 5) is 16.5. The van der Waals surface area contributed by atoms with Crippen molar-refractivity contribution in [3.05, 3.63) is 66.4 Å². The topological polar surface area (TPSA) is 53.9 Å². The van der Waals surface area contributed by atoms with E-state index in [1.165, 1.54) is 0 Å². The lowest BCUT2D eigenvalue weighted by Gasteiger charge is -1.97. The molecule has 0 saturated heterocycles. The van der Waals surface area contributed by atoms with Gasteiger partial charge in [0, 0.05) is 5.39 Å². The number of nitrogens with one attached hydrogen (secondary N) is 1. The highest BCUT2D eigenvalue weighted by Crippen LogP contribution is 2.16. The molecule has 0 aliphatic carbocycles. The van der Waals surface area contributed by atoms with Gasteiger partial charge in [-0.05, 0) is 24.3 Å². The summed E-state index contributed by atoms with van der Waals surface area (Å²) in [6, 6.07) is 19.9. The molecule has 0 amide bonds. The second kappa shape index (κ2) is 4.83. The van der Waals surface area contributed by atoms with Crippen LogP contribution in [0.3, 0.4) is 0 Å². The molecule has 1 N–H and O–H groups in total. The highest BCUT2D eigenvalue weighted by atomic mass is 15.1. The van der Waals surface area contributed by atoms with Crippen molar-refractivity contribution in [2.45, 2.75) is 0 Å². The van der Waals surface area contributed by atoms with Gasteiger partial charge in [0.2, 0.25) is 5.95 Å². The minimum absolute atomic E-state index is 0.589. The molecule has 21 heavy (non-hydrogen) atoms. The molecule has 0 fully saturated rings. The Morgan fingerprint density at radius 1 is 0.810 bits per heavy atom. The predicted octanol–water partition coefficient (Wildman–Crippen LogP) is 3.86. The van der Waals surface area contributed by atoms with Crippen molar-refractivity contribution >= 4 is 34.1 Å². The van der Waals surface area contributed by atoms with E-state index in [2.05, 4.69) is 19.9 Å². The van der Waals surface area contributed by atoms with Gasteiger partial charge in [-0.25, -0.2) is 15.0 Å². The number of imidazole rings is 1. The first-order chi connectivity index (χ1) is 10.4. The van der Waals surface area contributed by atoms with Crippen molar-refractivity contribution in [1.29, 1.82) is 0 Å². The van der Waals surface area contributed by atoms with Crippen LogP contribution in [0.25, 0.3) is 21.9 Å². The minimum Gasteiger partial charge on any atom is -0.322 e. The molecule has 0 radical (unpaired) electrons. The van der Waals surface area contributed by atoms with Crippen LogP contribution in [-0.2, 0) is 0 Å². The van der Waals surface area contributed by atoms with Crippen LogP contribution in [0.15, 0.2) is 65.7 Å². The lowest BCUT2D eigenvalue weighted by Crippen LogP contribution is -1.87. The molecule has 100 valence electrons. The monoisotopic (exact) mass is 272 g/mol. The molecular formula is C17H12N4. The Labute approximate surface area is 121 Å². The lowest BCUT2D eigenvalue weighted by atomic mass is 10.2. The average molecular weight is 272 g/mol. The van der Waals surface area contributed by atoms with Crippen LogP contribution in [-0.4, -0.2) is 21.2 Å². The van der Waals surface area contributed by atoms with Crippen molar-refractivity contribution in [2.75, 3.05) is 0 Å². The van der Waals surface area contributed by atoms with E-state index in [0.717, 1.165) is 27.6 Å². The van der Waals surface area contributed by atoms with Crippen LogP contribution in [0.2, 0.25) is 0 Å². The summed E-state index contributed by atoms with van der Waals surface area (Å²) in [5, 5.41) is 1.12. The second-order valence-electron chi connectivity index (χ2n) is 4.76. The van der Waals surface area contributed by atoms with Gasteiger partial charge < -0.3 is 4.98 Å². The van der Waals surface area contributed by atoms with Gasteiger partial charge in [0.15, 0.2) is 0 Å². The molecule has 2 heterocycles. The predicted molar refractivity (Wildman–Crippen MR) is 85.1 cm³/mol. The van der Waals surface area contributed by atoms with Gasteiger partial charge in [0.25, 0.3) is 0 Å². The van der Waals surface area contributed by atoms with Gasteiger partial charge in [-0.15, -0.1) is 0 Å². The Morgan fingerprint density at radius 2 is 1.62 bits per heavy atom. The average Bonchev–Trinajstić information content (AvgIpc) is 2.95. The Kier molecular flexibility index (Phi) is 2.71. The highest BCUT2D eigenvalue weighted by molar-refractivity contribution is 5.86. The Morgan fingerprint density at radius 3 is 2.52 bits per heavy atom. The number of hydrogen-bond donors (Lipinski definition) is 1. The van der Waals surface area contributed by atoms with E-state index in [4.69, 9.17) is 0 Å². The maximum absolute atomic E-state index is 4.55. The Balaban J connectivity index is 1.69. The molecule has 4 nitrogen and oxygen atoms in total. The van der Waals surface area contributed by atoms with E-state index in [-0.39, 0.29) is 0 Å². The summed E-state index contributed by atoms with van der Waals surface area (Å²) in [6.07, 6.45) is 1.73. The zero-order valence-electron chi connectivity index (χ0n) is 11.2. The third-order valence-electron chi connectivity index (χ3n) is 3.32. The molecule has 0 aliphatic heterocycles. The summed E-state index contributed by atoms with van der Waals surface area (Å²) >= 11 is 0. The summed E-state index contributed by atoms with van der Waals surface area (Å²) in [5.74, 6) is 0.589. The largest absolute Gasteiger partial charge is 0.322 e. The molecule has 4 aromatic rings. The SMILES string of the molecule is C(=N\c1nc2ccccc2[nH]1)/c1ccc2ccccc2n1. The lowest BCUT2D eigenvalue weighted by molar-refractivity contribution is 1.26. The molecule has 4 rings (SSSR count). The first kappa shape index (κ1) is 11.8. The first-order valence-electron chi connectivity index (χ1n) is 6.73. The number of fused-ring (bicyclic) bond motifs is 2. The van der Waals surface area contributed by atoms with Crippen molar-refractivity contribution < 1.29 is 0 Å². The van der Waals surface area contributed by atoms with Crippen molar-refractivity contribution in [3.8, 4) is 0 Å². The number of aliphatic imine (C=N–C) groups is 1. The smallest absolute Gasteiger partial charge is 0.227 e. The summed E-state index contributed by atoms with van der Waals surface area (Å²) in [5.41, 5.74) is 3.67. The number of aromatic amines is 1. The molecule has 0 bridgehead atoms. The third kappa shape index (κ3) is 2.27. The number of pyridine rings is 1. The van der Waals surface area contributed by atoms with Crippen LogP contribution in [0, 0.1) is 0 Å². The van der Waals surface area contributed by atoms with E-state index < -0.39 is 0 Å². The third-order valence-corrected chi connectivity index (χ3v) is 3.32. The maximum atomic E-state index is 4.55. The van der Waals surface area contributed by atoms with Gasteiger partial charge >= 0.3 is 0 Å². The summed E-state index contributed by atoms with van der Waals surface area (Å²) < 4.78 is 0. The minimum atomic E-state index is 0.589. The van der Waals surface area contributed by atoms with Crippen molar-refractivity contribution in [2.24, 2.45) is 4.99 Å². The van der Waals surface area contributed by atoms with Crippen LogP contribution in [0.5, 0.6) is 0 Å². The number of rotatable bonds is 2. The first-order valence-corrected chi connectivity index (χ1v) is 6.73. The Bertz CT molecular complexity index is 920. The Hall–Kier alpha value is -3.01. The number of aromatic nitrogens is 3. The fourth-order valence-electron chi connectivity index (χ4n) is 2.28. The molecule has 2 aromatic heterocycles. The summed E-state index contributed by atoms with van der Waals surface area (Å²) in [6.45, 7) is 0. The van der Waals surface area contributed by atoms with E-state index in [1.807, 2.05) is 60.7 Å². The van der Waals surface area contributed by atoms with Crippen LogP contribution < -0.4 is 0 Å². The van der Waals surface area contributed by atoms with Crippen molar-refractivity contribution in [3.63, 3.8) is 0 Å². The second-order valence-corrected chi connectivity index (χ2v) is 4.76. The van der Waals surface area contributed by atoms with Crippen LogP contribution in [0.4, 0.5) is 5.95 Å². The number of para-hydroxylation sites is 3. The van der Waals surface area contributed by atoms with Crippen molar-refractivity contribution in [1.82, 2.24) is 15.0 Å². The van der Waals surface area contributed by atoms with E-state index >= 15 is 0 Å². The summed E-state index contributed by atoms with van der Waals surface area (Å²) in [7, 11) is 0. The fourth-order valence-corrected chi connectivity index (χ4v) is 2.28. The van der Waals surface area contributed by atoms with E-state index in [1.54, 1.807) is 6.21 Å². The highest BCUT2D eigenvalue weighted by Gasteiger charge is 2.00. The van der Waals surface area contributed by atoms with Crippen LogP contribution in [0.1, 0.15) is 5.69 Å². The zero-order valence-corrected chi connectivity index (χ0v) is 11.2. The van der Waals surface area contributed by atoms with E-state index in [9.17, 15) is 0 Å². The van der Waals surface area contributed by atoms with Gasteiger partial charge in [-0.3, -0.25) is 0 Å². The van der Waals surface area contributed by atoms with Gasteiger partial charge in [0.05, 0.1) is 28.5 Å². The molecule has 0 unspecified atom stereocenters. The van der Waals surface area contributed by atoms with Gasteiger partial charge in [0.1, 0.15) is 0 Å². The molecule has 2 aromatic carbocycles.